The van der Waals surface area contributed by atoms with E-state index in [-0.39, 0.29) is 16.6 Å². The fraction of sp³-hybridized carbons (Fsp3) is 0.176. The standard InChI is InChI=1S/C17H16ClN3O5S/c1-10-8-11-4-2-3-5-14(11)21(10)19-16(22)12-6-7-13(18)15(9-12)27(25,26)20-17(23)24/h2-7,9-10,20H,8H2,1H3,(H,19,22)(H,23,24). The number of nitrogens with one attached hydrogen (secondary N) is 2. The molecule has 0 saturated heterocycles. The van der Waals surface area contributed by atoms with Gasteiger partial charge in [0.25, 0.3) is 15.9 Å². The SMILES string of the molecule is CC1Cc2ccccc2N1NC(=O)c1ccc(Cl)c(S(=O)(=O)NC(=O)O)c1. The van der Waals surface area contributed by atoms with Crippen molar-refractivity contribution in [1.29, 1.82) is 0 Å². The van der Waals surface area contributed by atoms with Gasteiger partial charge >= 0.3 is 6.09 Å². The molecule has 1 unspecified atom stereocenters. The molecule has 0 aromatic heterocycles. The molecular weight excluding hydrogens is 394 g/mol. The van der Waals surface area contributed by atoms with E-state index in [1.165, 1.54) is 16.9 Å². The first-order valence-electron chi connectivity index (χ1n) is 7.92. The first-order chi connectivity index (χ1) is 12.7. The number of anilines is 1. The second-order valence-electron chi connectivity index (χ2n) is 6.05. The Labute approximate surface area is 160 Å². The summed E-state index contributed by atoms with van der Waals surface area (Å²) in [6, 6.07) is 11.3. The third kappa shape index (κ3) is 3.83. The van der Waals surface area contributed by atoms with Crippen molar-refractivity contribution in [2.75, 3.05) is 5.01 Å². The molecule has 27 heavy (non-hydrogen) atoms. The molecule has 3 rings (SSSR count). The number of sulfonamides is 1. The van der Waals surface area contributed by atoms with Gasteiger partial charge in [0.05, 0.1) is 16.8 Å². The van der Waals surface area contributed by atoms with Gasteiger partial charge in [-0.3, -0.25) is 15.2 Å². The topological polar surface area (TPSA) is 116 Å². The number of hydrogen-bond donors (Lipinski definition) is 3. The highest BCUT2D eigenvalue weighted by Gasteiger charge is 2.28. The number of amides is 2. The summed E-state index contributed by atoms with van der Waals surface area (Å²) in [5, 5.41) is 10.2. The number of benzene rings is 2. The smallest absolute Gasteiger partial charge is 0.418 e. The maximum absolute atomic E-state index is 12.6. The molecule has 2 aromatic rings. The highest BCUT2D eigenvalue weighted by Crippen LogP contribution is 2.30. The zero-order valence-corrected chi connectivity index (χ0v) is 15.7. The van der Waals surface area contributed by atoms with E-state index in [4.69, 9.17) is 16.7 Å². The average molecular weight is 410 g/mol. The molecule has 1 heterocycles. The molecule has 1 aliphatic heterocycles. The van der Waals surface area contributed by atoms with E-state index in [2.05, 4.69) is 5.43 Å². The predicted octanol–water partition coefficient (Wildman–Crippen LogP) is 2.39. The van der Waals surface area contributed by atoms with Gasteiger partial charge in [0.15, 0.2) is 0 Å². The van der Waals surface area contributed by atoms with Gasteiger partial charge < -0.3 is 5.11 Å². The minimum Gasteiger partial charge on any atom is -0.464 e. The number of fused-ring (bicyclic) bond motifs is 1. The van der Waals surface area contributed by atoms with Gasteiger partial charge in [0.1, 0.15) is 4.90 Å². The summed E-state index contributed by atoms with van der Waals surface area (Å²) in [5.41, 5.74) is 4.75. The molecule has 2 amide bonds. The maximum Gasteiger partial charge on any atom is 0.418 e. The second-order valence-corrected chi connectivity index (χ2v) is 8.11. The van der Waals surface area contributed by atoms with Crippen molar-refractivity contribution in [3.05, 3.63) is 58.6 Å². The Bertz CT molecular complexity index is 1020. The van der Waals surface area contributed by atoms with Crippen LogP contribution in [0.5, 0.6) is 0 Å². The molecule has 0 saturated carbocycles. The minimum atomic E-state index is -4.41. The van der Waals surface area contributed by atoms with Crippen molar-refractivity contribution >= 4 is 39.3 Å². The molecule has 1 atom stereocenters. The summed E-state index contributed by atoms with van der Waals surface area (Å²) in [6.45, 7) is 1.95. The number of hydrazine groups is 1. The number of carbonyl (C=O) groups excluding carboxylic acids is 1. The van der Waals surface area contributed by atoms with Crippen LogP contribution in [0.15, 0.2) is 47.4 Å². The van der Waals surface area contributed by atoms with E-state index in [0.29, 0.717) is 0 Å². The molecule has 10 heteroatoms. The number of carbonyl (C=O) groups is 2. The van der Waals surface area contributed by atoms with Gasteiger partial charge in [-0.1, -0.05) is 29.8 Å². The zero-order chi connectivity index (χ0) is 19.8. The number of halogens is 1. The number of nitrogens with zero attached hydrogens (tertiary/aromatic N) is 1. The highest BCUT2D eigenvalue weighted by molar-refractivity contribution is 7.90. The lowest BCUT2D eigenvalue weighted by atomic mass is 10.1. The molecule has 0 spiro atoms. The Hall–Kier alpha value is -2.78. The summed E-state index contributed by atoms with van der Waals surface area (Å²) in [4.78, 5) is 22.8. The normalized spacial score (nSPS) is 15.9. The van der Waals surface area contributed by atoms with Crippen LogP contribution in [-0.4, -0.2) is 31.6 Å². The summed E-state index contributed by atoms with van der Waals surface area (Å²) in [6.07, 6.45) is -0.984. The lowest BCUT2D eigenvalue weighted by Crippen LogP contribution is -2.45. The Morgan fingerprint density at radius 2 is 1.93 bits per heavy atom. The second kappa shape index (κ2) is 7.09. The Balaban J connectivity index is 1.88. The summed E-state index contributed by atoms with van der Waals surface area (Å²) < 4.78 is 25.6. The average Bonchev–Trinajstić information content (AvgIpc) is 2.89. The molecule has 8 nitrogen and oxygen atoms in total. The lowest BCUT2D eigenvalue weighted by Gasteiger charge is -2.25. The molecule has 0 bridgehead atoms. The molecule has 142 valence electrons. The van der Waals surface area contributed by atoms with Gasteiger partial charge in [-0.15, -0.1) is 0 Å². The van der Waals surface area contributed by atoms with Crippen LogP contribution in [0.2, 0.25) is 5.02 Å². The van der Waals surface area contributed by atoms with E-state index in [0.717, 1.165) is 23.7 Å². The molecule has 0 fully saturated rings. The maximum atomic E-state index is 12.6. The van der Waals surface area contributed by atoms with E-state index in [1.54, 1.807) is 5.01 Å². The quantitative estimate of drug-likeness (QED) is 0.714. The fourth-order valence-corrected chi connectivity index (χ4v) is 4.30. The molecule has 0 aliphatic carbocycles. The van der Waals surface area contributed by atoms with E-state index in [1.807, 2.05) is 31.2 Å². The number of para-hydroxylation sites is 1. The van der Waals surface area contributed by atoms with Crippen LogP contribution >= 0.6 is 11.6 Å². The van der Waals surface area contributed by atoms with Crippen LogP contribution in [0, 0.1) is 0 Å². The van der Waals surface area contributed by atoms with Crippen LogP contribution in [0.1, 0.15) is 22.8 Å². The summed E-state index contributed by atoms with van der Waals surface area (Å²) in [7, 11) is -4.41. The van der Waals surface area contributed by atoms with Crippen LogP contribution in [0.4, 0.5) is 10.5 Å². The molecule has 3 N–H and O–H groups in total. The van der Waals surface area contributed by atoms with Gasteiger partial charge in [-0.2, -0.15) is 0 Å². The lowest BCUT2D eigenvalue weighted by molar-refractivity contribution is 0.0946. The Morgan fingerprint density at radius 3 is 2.63 bits per heavy atom. The van der Waals surface area contributed by atoms with Crippen LogP contribution < -0.4 is 15.2 Å². The highest BCUT2D eigenvalue weighted by atomic mass is 35.5. The van der Waals surface area contributed by atoms with Gasteiger partial charge in [-0.25, -0.2) is 17.9 Å². The minimum absolute atomic E-state index is 0.0236. The third-order valence-corrected chi connectivity index (χ3v) is 5.94. The van der Waals surface area contributed by atoms with Gasteiger partial charge in [-0.05, 0) is 43.2 Å². The van der Waals surface area contributed by atoms with Gasteiger partial charge in [0, 0.05) is 5.56 Å². The predicted molar refractivity (Wildman–Crippen MR) is 99.4 cm³/mol. The zero-order valence-electron chi connectivity index (χ0n) is 14.1. The van der Waals surface area contributed by atoms with Crippen molar-refractivity contribution in [3.63, 3.8) is 0 Å². The fourth-order valence-electron chi connectivity index (χ4n) is 2.93. The Morgan fingerprint density at radius 1 is 1.22 bits per heavy atom. The first-order valence-corrected chi connectivity index (χ1v) is 9.78. The first kappa shape index (κ1) is 19.0. The molecule has 2 aromatic carbocycles. The largest absolute Gasteiger partial charge is 0.464 e. The molecule has 1 aliphatic rings. The van der Waals surface area contributed by atoms with E-state index >= 15 is 0 Å². The molecular formula is C17H16ClN3O5S. The Kier molecular flexibility index (Phi) is 4.99. The summed E-state index contributed by atoms with van der Waals surface area (Å²) >= 11 is 5.88. The van der Waals surface area contributed by atoms with E-state index < -0.39 is 26.9 Å². The van der Waals surface area contributed by atoms with Crippen LogP contribution in [-0.2, 0) is 16.4 Å². The van der Waals surface area contributed by atoms with Crippen molar-refractivity contribution in [1.82, 2.24) is 10.1 Å². The van der Waals surface area contributed by atoms with Crippen LogP contribution in [0.25, 0.3) is 0 Å². The number of carboxylic acid groups (broad SMARTS) is 1. The van der Waals surface area contributed by atoms with Gasteiger partial charge in [0.2, 0.25) is 0 Å². The third-order valence-electron chi connectivity index (χ3n) is 4.13. The molecule has 0 radical (unpaired) electrons. The van der Waals surface area contributed by atoms with Crippen molar-refractivity contribution in [3.8, 4) is 0 Å². The van der Waals surface area contributed by atoms with Crippen LogP contribution in [0.3, 0.4) is 0 Å². The number of rotatable bonds is 4. The monoisotopic (exact) mass is 409 g/mol. The van der Waals surface area contributed by atoms with Crippen molar-refractivity contribution < 1.29 is 23.1 Å². The van der Waals surface area contributed by atoms with Crippen molar-refractivity contribution in [2.45, 2.75) is 24.3 Å². The summed E-state index contributed by atoms with van der Waals surface area (Å²) in [5.74, 6) is -0.540. The van der Waals surface area contributed by atoms with E-state index in [9.17, 15) is 18.0 Å². The van der Waals surface area contributed by atoms with Crippen molar-refractivity contribution in [2.24, 2.45) is 0 Å². The number of hydrogen-bond acceptors (Lipinski definition) is 5.